The van der Waals surface area contributed by atoms with Gasteiger partial charge in [0.2, 0.25) is 5.91 Å². The van der Waals surface area contributed by atoms with Crippen molar-refractivity contribution in [3.63, 3.8) is 0 Å². The van der Waals surface area contributed by atoms with Crippen molar-refractivity contribution < 1.29 is 24.2 Å². The molecule has 0 aliphatic heterocycles. The first-order chi connectivity index (χ1) is 14.5. The Hall–Kier alpha value is -1.50. The summed E-state index contributed by atoms with van der Waals surface area (Å²) in [5.41, 5.74) is 0. The normalized spacial score (nSPS) is 12.1. The topological polar surface area (TPSA) is 92.7 Å². The van der Waals surface area contributed by atoms with E-state index in [-0.39, 0.29) is 18.9 Å². The van der Waals surface area contributed by atoms with Gasteiger partial charge >= 0.3 is 11.9 Å². The first-order valence-corrected chi connectivity index (χ1v) is 12.5. The summed E-state index contributed by atoms with van der Waals surface area (Å²) in [4.78, 5) is 34.0. The van der Waals surface area contributed by atoms with Crippen LogP contribution in [0.3, 0.4) is 0 Å². The molecule has 0 heterocycles. The van der Waals surface area contributed by atoms with E-state index in [4.69, 9.17) is 9.84 Å². The molecule has 0 fully saturated rings. The van der Waals surface area contributed by atoms with Crippen LogP contribution in [0, 0.1) is 0 Å². The van der Waals surface area contributed by atoms with Crippen LogP contribution in [0.2, 0.25) is 0 Å². The van der Waals surface area contributed by atoms with Crippen LogP contribution in [0.15, 0.2) is 12.2 Å². The third kappa shape index (κ3) is 19.8. The summed E-state index contributed by atoms with van der Waals surface area (Å²) >= 11 is 1.66. The number of carboxylic acids is 1. The summed E-state index contributed by atoms with van der Waals surface area (Å²) in [6, 6.07) is -0.640. The number of thioether (sulfide) groups is 1. The Morgan fingerprint density at radius 2 is 1.57 bits per heavy atom. The maximum absolute atomic E-state index is 12.2. The number of unbranched alkanes of at least 4 members (excludes halogenated alkanes) is 9. The molecule has 0 unspecified atom stereocenters. The number of carbonyl (C=O) groups is 3. The van der Waals surface area contributed by atoms with Crippen LogP contribution in [0.1, 0.15) is 90.9 Å². The van der Waals surface area contributed by atoms with E-state index in [9.17, 15) is 14.4 Å². The van der Waals surface area contributed by atoms with Crippen molar-refractivity contribution in [1.82, 2.24) is 5.32 Å². The predicted molar refractivity (Wildman–Crippen MR) is 124 cm³/mol. The van der Waals surface area contributed by atoms with Crippen molar-refractivity contribution >= 4 is 29.6 Å². The molecule has 6 nitrogen and oxygen atoms in total. The Bertz CT molecular complexity index is 496. The maximum atomic E-state index is 12.2. The fourth-order valence-corrected chi connectivity index (χ4v) is 3.97. The molecule has 0 aromatic carbocycles. The predicted octanol–water partition coefficient (Wildman–Crippen LogP) is 5.11. The zero-order valence-electron chi connectivity index (χ0n) is 18.8. The molecule has 0 saturated carbocycles. The van der Waals surface area contributed by atoms with Crippen molar-refractivity contribution in [3.05, 3.63) is 12.2 Å². The number of amides is 1. The van der Waals surface area contributed by atoms with E-state index >= 15 is 0 Å². The lowest BCUT2D eigenvalue weighted by Gasteiger charge is -2.16. The van der Waals surface area contributed by atoms with Gasteiger partial charge in [-0.15, -0.1) is 0 Å². The highest BCUT2D eigenvalue weighted by Crippen LogP contribution is 2.13. The van der Waals surface area contributed by atoms with E-state index in [0.29, 0.717) is 12.2 Å². The van der Waals surface area contributed by atoms with Crippen LogP contribution in [0.5, 0.6) is 0 Å². The molecule has 0 aliphatic rings. The smallest absolute Gasteiger partial charge is 0.329 e. The van der Waals surface area contributed by atoms with Crippen LogP contribution in [-0.2, 0) is 19.1 Å². The first kappa shape index (κ1) is 28.5. The molecule has 0 aromatic rings. The van der Waals surface area contributed by atoms with Gasteiger partial charge in [0.1, 0.15) is 6.04 Å². The van der Waals surface area contributed by atoms with Gasteiger partial charge in [-0.1, -0.05) is 76.9 Å². The third-order valence-corrected chi connectivity index (χ3v) is 5.72. The molecule has 0 aromatic heterocycles. The largest absolute Gasteiger partial charge is 0.481 e. The molecule has 0 aliphatic carbocycles. The highest BCUT2D eigenvalue weighted by Gasteiger charge is 2.20. The number of carbonyl (C=O) groups excluding carboxylic acids is 2. The fraction of sp³-hybridized carbons (Fsp3) is 0.783. The van der Waals surface area contributed by atoms with Gasteiger partial charge in [0, 0.05) is 12.7 Å². The molecule has 0 saturated heterocycles. The summed E-state index contributed by atoms with van der Waals surface area (Å²) < 4.78 is 5.20. The second-order valence-electron chi connectivity index (χ2n) is 7.54. The molecule has 0 spiro atoms. The summed E-state index contributed by atoms with van der Waals surface area (Å²) in [6.07, 6.45) is 16.6. The van der Waals surface area contributed by atoms with Crippen molar-refractivity contribution in [2.45, 2.75) is 96.9 Å². The molecule has 0 radical (unpaired) electrons. The Kier molecular flexibility index (Phi) is 19.7. The van der Waals surface area contributed by atoms with Gasteiger partial charge in [-0.2, -0.15) is 11.8 Å². The molecular weight excluding hydrogens is 402 g/mol. The molecule has 1 amide bonds. The molecule has 2 N–H and O–H groups in total. The average molecular weight is 444 g/mol. The number of nitrogens with one attached hydrogen (secondary N) is 1. The lowest BCUT2D eigenvalue weighted by molar-refractivity contribution is -0.146. The Morgan fingerprint density at radius 3 is 2.13 bits per heavy atom. The number of rotatable bonds is 20. The first-order valence-electron chi connectivity index (χ1n) is 11.4. The van der Waals surface area contributed by atoms with E-state index < -0.39 is 18.0 Å². The standard InChI is InChI=1S/C23H41NO5S/c1-3-4-5-6-7-8-9-10-11-15-18-30-19-21(24-20(2)25)23(28)29-17-14-12-13-16-22(26)27/h12-13,21H,3-11,14-19H2,1-2H3,(H,24,25)(H,26,27)/b13-12-/t21-/m1/s1. The van der Waals surface area contributed by atoms with Crippen LogP contribution >= 0.6 is 11.8 Å². The van der Waals surface area contributed by atoms with Gasteiger partial charge in [-0.25, -0.2) is 4.79 Å². The van der Waals surface area contributed by atoms with E-state index in [1.165, 1.54) is 70.8 Å². The summed E-state index contributed by atoms with van der Waals surface area (Å²) in [5.74, 6) is -0.110. The number of hydrogen-bond acceptors (Lipinski definition) is 5. The van der Waals surface area contributed by atoms with Crippen molar-refractivity contribution in [2.24, 2.45) is 0 Å². The Labute approximate surface area is 186 Å². The SMILES string of the molecule is CCCCCCCCCCCCSC[C@@H](NC(C)=O)C(=O)OCC/C=C\CC(=O)O. The second kappa shape index (κ2) is 20.8. The minimum Gasteiger partial charge on any atom is -0.481 e. The highest BCUT2D eigenvalue weighted by molar-refractivity contribution is 7.99. The zero-order valence-corrected chi connectivity index (χ0v) is 19.6. The van der Waals surface area contributed by atoms with Crippen molar-refractivity contribution in [1.29, 1.82) is 0 Å². The van der Waals surface area contributed by atoms with E-state index in [0.717, 1.165) is 12.2 Å². The molecule has 0 rings (SSSR count). The molecule has 7 heteroatoms. The number of hydrogen-bond donors (Lipinski definition) is 2. The minimum atomic E-state index is -0.895. The van der Waals surface area contributed by atoms with Gasteiger partial charge in [-0.05, 0) is 18.6 Å². The molecule has 0 bridgehead atoms. The Balaban J connectivity index is 3.83. The van der Waals surface area contributed by atoms with Crippen molar-refractivity contribution in [2.75, 3.05) is 18.1 Å². The monoisotopic (exact) mass is 443 g/mol. The van der Waals surface area contributed by atoms with Gasteiger partial charge in [0.15, 0.2) is 0 Å². The Morgan fingerprint density at radius 1 is 0.967 bits per heavy atom. The van der Waals surface area contributed by atoms with Crippen LogP contribution in [-0.4, -0.2) is 47.1 Å². The molecule has 174 valence electrons. The average Bonchev–Trinajstić information content (AvgIpc) is 2.69. The lowest BCUT2D eigenvalue weighted by atomic mass is 10.1. The molecule has 30 heavy (non-hydrogen) atoms. The van der Waals surface area contributed by atoms with Crippen molar-refractivity contribution in [3.8, 4) is 0 Å². The van der Waals surface area contributed by atoms with E-state index in [1.807, 2.05) is 0 Å². The van der Waals surface area contributed by atoms with Gasteiger partial charge in [0.25, 0.3) is 0 Å². The minimum absolute atomic E-state index is 0.0436. The zero-order chi connectivity index (χ0) is 22.5. The maximum Gasteiger partial charge on any atom is 0.329 e. The van der Waals surface area contributed by atoms with E-state index in [2.05, 4.69) is 12.2 Å². The van der Waals surface area contributed by atoms with Gasteiger partial charge in [-0.3, -0.25) is 9.59 Å². The lowest BCUT2D eigenvalue weighted by Crippen LogP contribution is -2.42. The fourth-order valence-electron chi connectivity index (χ4n) is 2.94. The van der Waals surface area contributed by atoms with Crippen LogP contribution in [0.4, 0.5) is 0 Å². The van der Waals surface area contributed by atoms with E-state index in [1.54, 1.807) is 17.8 Å². The van der Waals surface area contributed by atoms with Gasteiger partial charge < -0.3 is 15.2 Å². The van der Waals surface area contributed by atoms with Gasteiger partial charge in [0.05, 0.1) is 13.0 Å². The quantitative estimate of drug-likeness (QED) is 0.154. The number of aliphatic carboxylic acids is 1. The second-order valence-corrected chi connectivity index (χ2v) is 8.69. The highest BCUT2D eigenvalue weighted by atomic mass is 32.2. The number of carboxylic acid groups (broad SMARTS) is 1. The number of ether oxygens (including phenoxy) is 1. The van der Waals surface area contributed by atoms with Crippen LogP contribution < -0.4 is 5.32 Å². The third-order valence-electron chi connectivity index (χ3n) is 4.58. The summed E-state index contributed by atoms with van der Waals surface area (Å²) in [7, 11) is 0. The summed E-state index contributed by atoms with van der Waals surface area (Å²) in [5, 5.41) is 11.2. The molecular formula is C23H41NO5S. The summed E-state index contributed by atoms with van der Waals surface area (Å²) in [6.45, 7) is 3.81. The van der Waals surface area contributed by atoms with Crippen LogP contribution in [0.25, 0.3) is 0 Å². The number of esters is 1. The molecule has 1 atom stereocenters.